The maximum Gasteiger partial charge on any atom is 0.0240 e. The highest BCUT2D eigenvalue weighted by Crippen LogP contribution is 2.31. The fraction of sp³-hybridized carbons (Fsp3) is 0.208. The Kier molecular flexibility index (Phi) is 4.99. The Morgan fingerprint density at radius 3 is 2.46 bits per heavy atom. The molecule has 1 aliphatic rings. The van der Waals surface area contributed by atoms with Gasteiger partial charge in [0.05, 0.1) is 0 Å². The summed E-state index contributed by atoms with van der Waals surface area (Å²) in [6.45, 7) is 6.62. The van der Waals surface area contributed by atoms with Crippen LogP contribution >= 0.6 is 0 Å². The summed E-state index contributed by atoms with van der Waals surface area (Å²) in [4.78, 5) is 0. The third-order valence-corrected chi connectivity index (χ3v) is 4.54. The molecule has 0 saturated carbocycles. The molecule has 0 amide bonds. The van der Waals surface area contributed by atoms with Crippen LogP contribution in [0.25, 0.3) is 11.1 Å². The fourth-order valence-corrected chi connectivity index (χ4v) is 3.29. The van der Waals surface area contributed by atoms with Crippen LogP contribution in [0, 0.1) is 6.92 Å². The molecule has 0 N–H and O–H groups in total. The normalized spacial score (nSPS) is 13.9. The van der Waals surface area contributed by atoms with Crippen LogP contribution in [-0.2, 0) is 6.42 Å². The molecule has 0 spiro atoms. The summed E-state index contributed by atoms with van der Waals surface area (Å²) in [5.41, 5.74) is 12.6. The van der Waals surface area contributed by atoms with Crippen LogP contribution in [0.15, 0.2) is 78.1 Å². The van der Waals surface area contributed by atoms with Gasteiger partial charge in [0.2, 0.25) is 0 Å². The van der Waals surface area contributed by atoms with Crippen molar-refractivity contribution < 1.29 is 0 Å². The van der Waals surface area contributed by atoms with Gasteiger partial charge in [-0.3, -0.25) is 0 Å². The number of rotatable bonds is 4. The lowest BCUT2D eigenvalue weighted by Crippen LogP contribution is -1.97. The number of aryl methyl sites for hydroxylation is 1. The van der Waals surface area contributed by atoms with Gasteiger partial charge < -0.3 is 0 Å². The Morgan fingerprint density at radius 2 is 1.71 bits per heavy atom. The molecule has 0 atom stereocenters. The molecule has 0 unspecified atom stereocenters. The minimum absolute atomic E-state index is 1.12. The molecule has 120 valence electrons. The number of benzene rings is 2. The van der Waals surface area contributed by atoms with Crippen molar-refractivity contribution in [2.45, 2.75) is 33.6 Å². The van der Waals surface area contributed by atoms with Gasteiger partial charge in [-0.2, -0.15) is 0 Å². The zero-order valence-corrected chi connectivity index (χ0v) is 14.8. The minimum Gasteiger partial charge on any atom is -0.108 e. The third kappa shape index (κ3) is 3.35. The summed E-state index contributed by atoms with van der Waals surface area (Å²) >= 11 is 0. The maximum absolute atomic E-state index is 3.61. The first kappa shape index (κ1) is 16.3. The Morgan fingerprint density at radius 1 is 0.917 bits per heavy atom. The predicted molar refractivity (Wildman–Crippen MR) is 105 cm³/mol. The smallest absolute Gasteiger partial charge is 0.0240 e. The SMILES string of the molecule is CCCc1c(C)cccc1C1=CC=CC(c2ccccc2)=C=C1C. The van der Waals surface area contributed by atoms with E-state index in [1.807, 2.05) is 0 Å². The third-order valence-electron chi connectivity index (χ3n) is 4.54. The van der Waals surface area contributed by atoms with Crippen LogP contribution in [0.2, 0.25) is 0 Å². The van der Waals surface area contributed by atoms with Gasteiger partial charge >= 0.3 is 0 Å². The molecule has 3 rings (SSSR count). The lowest BCUT2D eigenvalue weighted by Gasteiger charge is -2.14. The van der Waals surface area contributed by atoms with E-state index in [4.69, 9.17) is 0 Å². The quantitative estimate of drug-likeness (QED) is 0.563. The van der Waals surface area contributed by atoms with Gasteiger partial charge in [0.1, 0.15) is 0 Å². The van der Waals surface area contributed by atoms with E-state index in [2.05, 4.69) is 93.3 Å². The molecule has 24 heavy (non-hydrogen) atoms. The van der Waals surface area contributed by atoms with E-state index in [1.165, 1.54) is 33.4 Å². The second kappa shape index (κ2) is 7.34. The molecular weight excluding hydrogens is 288 g/mol. The van der Waals surface area contributed by atoms with Gasteiger partial charge in [-0.1, -0.05) is 74.0 Å². The standard InChI is InChI=1S/C24H24/c1-4-10-22-18(2)11-8-16-24(22)23-15-9-14-21(17-19(23)3)20-12-6-5-7-13-20/h5-9,11-16H,4,10H2,1-3H3. The molecule has 0 fully saturated rings. The average molecular weight is 312 g/mol. The molecule has 2 aromatic rings. The van der Waals surface area contributed by atoms with Crippen molar-refractivity contribution in [1.29, 1.82) is 0 Å². The van der Waals surface area contributed by atoms with Crippen LogP contribution in [-0.4, -0.2) is 0 Å². The molecule has 2 aromatic carbocycles. The van der Waals surface area contributed by atoms with Gasteiger partial charge in [0.15, 0.2) is 0 Å². The Hall–Kier alpha value is -2.56. The highest BCUT2D eigenvalue weighted by Gasteiger charge is 2.12. The first-order chi connectivity index (χ1) is 11.7. The second-order valence-electron chi connectivity index (χ2n) is 6.32. The molecule has 0 heteroatoms. The summed E-state index contributed by atoms with van der Waals surface area (Å²) in [6, 6.07) is 17.1. The summed E-state index contributed by atoms with van der Waals surface area (Å²) < 4.78 is 0. The van der Waals surface area contributed by atoms with Crippen molar-refractivity contribution in [1.82, 2.24) is 0 Å². The second-order valence-corrected chi connectivity index (χ2v) is 6.32. The van der Waals surface area contributed by atoms with Gasteiger partial charge in [-0.05, 0) is 59.7 Å². The highest BCUT2D eigenvalue weighted by atomic mass is 14.2. The van der Waals surface area contributed by atoms with Crippen LogP contribution in [0.1, 0.15) is 42.5 Å². The first-order valence-electron chi connectivity index (χ1n) is 8.71. The van der Waals surface area contributed by atoms with Crippen molar-refractivity contribution in [3.63, 3.8) is 0 Å². The first-order valence-corrected chi connectivity index (χ1v) is 8.71. The molecule has 0 aliphatic heterocycles. The zero-order chi connectivity index (χ0) is 16.9. The van der Waals surface area contributed by atoms with Gasteiger partial charge in [0.25, 0.3) is 0 Å². The van der Waals surface area contributed by atoms with Crippen LogP contribution in [0.3, 0.4) is 0 Å². The van der Waals surface area contributed by atoms with Crippen molar-refractivity contribution in [2.24, 2.45) is 0 Å². The lowest BCUT2D eigenvalue weighted by atomic mass is 9.90. The Labute approximate surface area is 145 Å². The van der Waals surface area contributed by atoms with E-state index < -0.39 is 0 Å². The largest absolute Gasteiger partial charge is 0.108 e. The van der Waals surface area contributed by atoms with Crippen molar-refractivity contribution in [3.8, 4) is 0 Å². The van der Waals surface area contributed by atoms with E-state index in [0.717, 1.165) is 18.4 Å². The molecule has 0 heterocycles. The van der Waals surface area contributed by atoms with E-state index in [-0.39, 0.29) is 0 Å². The van der Waals surface area contributed by atoms with Gasteiger partial charge in [-0.25, -0.2) is 0 Å². The van der Waals surface area contributed by atoms with E-state index in [0.29, 0.717) is 0 Å². The zero-order valence-electron chi connectivity index (χ0n) is 14.8. The van der Waals surface area contributed by atoms with Crippen LogP contribution in [0.4, 0.5) is 0 Å². The molecule has 0 nitrogen and oxygen atoms in total. The Balaban J connectivity index is 2.11. The van der Waals surface area contributed by atoms with Gasteiger partial charge in [-0.15, -0.1) is 5.73 Å². The monoisotopic (exact) mass is 312 g/mol. The minimum atomic E-state index is 1.12. The predicted octanol–water partition coefficient (Wildman–Crippen LogP) is 6.53. The number of hydrogen-bond donors (Lipinski definition) is 0. The summed E-state index contributed by atoms with van der Waals surface area (Å²) in [5, 5.41) is 0. The topological polar surface area (TPSA) is 0 Å². The van der Waals surface area contributed by atoms with E-state index in [9.17, 15) is 0 Å². The van der Waals surface area contributed by atoms with Gasteiger partial charge in [0, 0.05) is 5.57 Å². The molecule has 0 saturated heterocycles. The Bertz CT molecular complexity index is 854. The number of allylic oxidation sites excluding steroid dienone is 5. The average Bonchev–Trinajstić information content (AvgIpc) is 2.79. The van der Waals surface area contributed by atoms with Crippen LogP contribution in [0.5, 0.6) is 0 Å². The fourth-order valence-electron chi connectivity index (χ4n) is 3.29. The molecular formula is C24H24. The molecule has 0 aromatic heterocycles. The van der Waals surface area contributed by atoms with Crippen LogP contribution < -0.4 is 0 Å². The molecule has 0 radical (unpaired) electrons. The van der Waals surface area contributed by atoms with E-state index >= 15 is 0 Å². The van der Waals surface area contributed by atoms with Crippen molar-refractivity contribution in [3.05, 3.63) is 100 Å². The highest BCUT2D eigenvalue weighted by molar-refractivity contribution is 5.86. The van der Waals surface area contributed by atoms with Crippen molar-refractivity contribution in [2.75, 3.05) is 0 Å². The lowest BCUT2D eigenvalue weighted by molar-refractivity contribution is 0.909. The molecule has 1 aliphatic carbocycles. The maximum atomic E-state index is 3.61. The van der Waals surface area contributed by atoms with E-state index in [1.54, 1.807) is 0 Å². The summed E-state index contributed by atoms with van der Waals surface area (Å²) in [5.74, 6) is 0. The molecule has 0 bridgehead atoms. The summed E-state index contributed by atoms with van der Waals surface area (Å²) in [6.07, 6.45) is 8.81. The summed E-state index contributed by atoms with van der Waals surface area (Å²) in [7, 11) is 0. The number of hydrogen-bond acceptors (Lipinski definition) is 0. The van der Waals surface area contributed by atoms with Crippen molar-refractivity contribution >= 4 is 11.1 Å².